The van der Waals surface area contributed by atoms with Gasteiger partial charge < -0.3 is 15.5 Å². The average molecular weight is 370 g/mol. The zero-order valence-corrected chi connectivity index (χ0v) is 13.1. The van der Waals surface area contributed by atoms with Crippen molar-refractivity contribution in [1.82, 2.24) is 5.32 Å². The lowest BCUT2D eigenvalue weighted by Gasteiger charge is -2.14. The fraction of sp³-hybridized carbons (Fsp3) is 0.143. The number of aliphatic carboxylic acids is 1. The Kier molecular flexibility index (Phi) is 4.98. The first-order valence-electron chi connectivity index (χ1n) is 6.02. The highest BCUT2D eigenvalue weighted by atomic mass is 79.9. The number of carbonyl (C=O) groups excluding carboxylic acids is 1. The molecule has 1 aromatic heterocycles. The van der Waals surface area contributed by atoms with Gasteiger partial charge >= 0.3 is 5.97 Å². The number of hydrogen-bond donors (Lipinski definition) is 3. The maximum Gasteiger partial charge on any atom is 0.326 e. The molecule has 1 unspecified atom stereocenters. The minimum Gasteiger partial charge on any atom is -0.508 e. The normalized spacial score (nSPS) is 11.9. The van der Waals surface area contributed by atoms with E-state index in [1.54, 1.807) is 24.3 Å². The maximum absolute atomic E-state index is 12.0. The van der Waals surface area contributed by atoms with Crippen LogP contribution in [0.25, 0.3) is 0 Å². The van der Waals surface area contributed by atoms with Crippen molar-refractivity contribution in [3.8, 4) is 5.75 Å². The number of nitrogens with one attached hydrogen (secondary N) is 1. The zero-order chi connectivity index (χ0) is 15.4. The van der Waals surface area contributed by atoms with Gasteiger partial charge in [-0.3, -0.25) is 4.79 Å². The van der Waals surface area contributed by atoms with Crippen LogP contribution in [0.1, 0.15) is 15.2 Å². The topological polar surface area (TPSA) is 86.6 Å². The van der Waals surface area contributed by atoms with Crippen molar-refractivity contribution in [2.24, 2.45) is 0 Å². The van der Waals surface area contributed by atoms with Crippen LogP contribution in [0.2, 0.25) is 0 Å². The third kappa shape index (κ3) is 4.30. The molecular weight excluding hydrogens is 358 g/mol. The molecule has 110 valence electrons. The Hall–Kier alpha value is -1.86. The Balaban J connectivity index is 2.07. The van der Waals surface area contributed by atoms with Gasteiger partial charge in [-0.25, -0.2) is 4.79 Å². The van der Waals surface area contributed by atoms with E-state index in [1.807, 2.05) is 0 Å². The lowest BCUT2D eigenvalue weighted by molar-refractivity contribution is -0.139. The van der Waals surface area contributed by atoms with Gasteiger partial charge in [0.25, 0.3) is 5.91 Å². The average Bonchev–Trinajstić information content (AvgIpc) is 2.87. The van der Waals surface area contributed by atoms with Crippen LogP contribution in [-0.4, -0.2) is 28.1 Å². The number of halogens is 1. The Morgan fingerprint density at radius 1 is 1.19 bits per heavy atom. The number of phenolic OH excluding ortho intramolecular Hbond substituents is 1. The van der Waals surface area contributed by atoms with Gasteiger partial charge in [-0.2, -0.15) is 0 Å². The molecule has 0 bridgehead atoms. The molecule has 0 aliphatic heterocycles. The molecule has 2 rings (SSSR count). The van der Waals surface area contributed by atoms with Crippen molar-refractivity contribution in [3.05, 3.63) is 50.6 Å². The van der Waals surface area contributed by atoms with Crippen molar-refractivity contribution in [3.63, 3.8) is 0 Å². The number of benzene rings is 1. The molecule has 21 heavy (non-hydrogen) atoms. The SMILES string of the molecule is O=C(NC(Cc1ccc(O)cc1)C(=O)O)c1ccc(Br)s1. The molecule has 0 spiro atoms. The summed E-state index contributed by atoms with van der Waals surface area (Å²) in [6, 6.07) is 8.54. The van der Waals surface area contributed by atoms with Crippen molar-refractivity contribution >= 4 is 39.1 Å². The monoisotopic (exact) mass is 369 g/mol. The molecule has 0 aliphatic carbocycles. The summed E-state index contributed by atoms with van der Waals surface area (Å²) in [4.78, 5) is 23.7. The van der Waals surface area contributed by atoms with E-state index in [9.17, 15) is 19.8 Å². The lowest BCUT2D eigenvalue weighted by atomic mass is 10.1. The number of carboxylic acid groups (broad SMARTS) is 1. The molecule has 1 atom stereocenters. The van der Waals surface area contributed by atoms with Gasteiger partial charge in [0.1, 0.15) is 11.8 Å². The van der Waals surface area contributed by atoms with E-state index >= 15 is 0 Å². The van der Waals surface area contributed by atoms with Gasteiger partial charge in [0, 0.05) is 6.42 Å². The third-order valence-corrected chi connectivity index (χ3v) is 4.40. The Labute approximate surface area is 133 Å². The van der Waals surface area contributed by atoms with Crippen LogP contribution in [0.3, 0.4) is 0 Å². The van der Waals surface area contributed by atoms with Crippen LogP contribution in [0.4, 0.5) is 0 Å². The van der Waals surface area contributed by atoms with Crippen molar-refractivity contribution in [2.45, 2.75) is 12.5 Å². The lowest BCUT2D eigenvalue weighted by Crippen LogP contribution is -2.42. The summed E-state index contributed by atoms with van der Waals surface area (Å²) in [6.07, 6.45) is 0.147. The molecule has 0 saturated carbocycles. The summed E-state index contributed by atoms with van der Waals surface area (Å²) in [5, 5.41) is 20.9. The number of phenols is 1. The number of rotatable bonds is 5. The molecule has 1 heterocycles. The molecule has 0 aliphatic rings. The van der Waals surface area contributed by atoms with Crippen molar-refractivity contribution in [2.75, 3.05) is 0 Å². The fourth-order valence-corrected chi connectivity index (χ4v) is 3.02. The summed E-state index contributed by atoms with van der Waals surface area (Å²) < 4.78 is 0.804. The Morgan fingerprint density at radius 2 is 1.86 bits per heavy atom. The highest BCUT2D eigenvalue weighted by molar-refractivity contribution is 9.11. The van der Waals surface area contributed by atoms with E-state index in [1.165, 1.54) is 23.5 Å². The van der Waals surface area contributed by atoms with E-state index < -0.39 is 17.9 Å². The third-order valence-electron chi connectivity index (χ3n) is 2.78. The van der Waals surface area contributed by atoms with Crippen LogP contribution < -0.4 is 5.32 Å². The predicted molar refractivity (Wildman–Crippen MR) is 82.7 cm³/mol. The molecule has 0 saturated heterocycles. The first-order valence-corrected chi connectivity index (χ1v) is 7.63. The van der Waals surface area contributed by atoms with E-state index in [-0.39, 0.29) is 12.2 Å². The highest BCUT2D eigenvalue weighted by Gasteiger charge is 2.21. The van der Waals surface area contributed by atoms with Gasteiger partial charge in [-0.15, -0.1) is 11.3 Å². The molecule has 0 fully saturated rings. The quantitative estimate of drug-likeness (QED) is 0.755. The molecule has 1 aromatic carbocycles. The van der Waals surface area contributed by atoms with Crippen LogP contribution in [0.15, 0.2) is 40.2 Å². The van der Waals surface area contributed by atoms with Gasteiger partial charge in [0.2, 0.25) is 0 Å². The molecule has 3 N–H and O–H groups in total. The largest absolute Gasteiger partial charge is 0.508 e. The number of carbonyl (C=O) groups is 2. The summed E-state index contributed by atoms with van der Waals surface area (Å²) in [5.41, 5.74) is 0.716. The Bertz CT molecular complexity index is 653. The number of aromatic hydroxyl groups is 1. The number of amides is 1. The maximum atomic E-state index is 12.0. The Morgan fingerprint density at radius 3 is 2.38 bits per heavy atom. The van der Waals surface area contributed by atoms with E-state index in [0.29, 0.717) is 10.4 Å². The summed E-state index contributed by atoms with van der Waals surface area (Å²) in [7, 11) is 0. The number of carboxylic acids is 1. The molecule has 5 nitrogen and oxygen atoms in total. The van der Waals surface area contributed by atoms with Crippen LogP contribution in [0, 0.1) is 0 Å². The molecule has 0 radical (unpaired) electrons. The van der Waals surface area contributed by atoms with Gasteiger partial charge in [-0.1, -0.05) is 12.1 Å². The standard InChI is InChI=1S/C14H12BrNO4S/c15-12-6-5-11(21-12)13(18)16-10(14(19)20)7-8-1-3-9(17)4-2-8/h1-6,10,17H,7H2,(H,16,18)(H,19,20). The van der Waals surface area contributed by atoms with Gasteiger partial charge in [0.15, 0.2) is 0 Å². The summed E-state index contributed by atoms with van der Waals surface area (Å²) >= 11 is 4.49. The van der Waals surface area contributed by atoms with Gasteiger partial charge in [-0.05, 0) is 45.8 Å². The van der Waals surface area contributed by atoms with Crippen LogP contribution in [0.5, 0.6) is 5.75 Å². The van der Waals surface area contributed by atoms with Crippen LogP contribution >= 0.6 is 27.3 Å². The molecule has 7 heteroatoms. The molecule has 1 amide bonds. The minimum absolute atomic E-state index is 0.109. The number of hydrogen-bond acceptors (Lipinski definition) is 4. The zero-order valence-electron chi connectivity index (χ0n) is 10.7. The van der Waals surface area contributed by atoms with Gasteiger partial charge in [0.05, 0.1) is 8.66 Å². The highest BCUT2D eigenvalue weighted by Crippen LogP contribution is 2.22. The smallest absolute Gasteiger partial charge is 0.326 e. The van der Waals surface area contributed by atoms with E-state index in [0.717, 1.165) is 3.79 Å². The van der Waals surface area contributed by atoms with E-state index in [2.05, 4.69) is 21.2 Å². The number of thiophene rings is 1. The molecule has 2 aromatic rings. The van der Waals surface area contributed by atoms with Crippen molar-refractivity contribution < 1.29 is 19.8 Å². The van der Waals surface area contributed by atoms with E-state index in [4.69, 9.17) is 0 Å². The molecular formula is C14H12BrNO4S. The first-order chi connectivity index (χ1) is 9.95. The second-order valence-corrected chi connectivity index (χ2v) is 6.80. The predicted octanol–water partition coefficient (Wildman–Crippen LogP) is 2.64. The minimum atomic E-state index is -1.10. The fourth-order valence-electron chi connectivity index (χ4n) is 1.73. The first kappa shape index (κ1) is 15.5. The van der Waals surface area contributed by atoms with Crippen molar-refractivity contribution in [1.29, 1.82) is 0 Å². The van der Waals surface area contributed by atoms with Crippen LogP contribution in [-0.2, 0) is 11.2 Å². The second kappa shape index (κ2) is 6.73. The summed E-state index contributed by atoms with van der Waals surface area (Å²) in [5.74, 6) is -1.41. The summed E-state index contributed by atoms with van der Waals surface area (Å²) in [6.45, 7) is 0. The second-order valence-electron chi connectivity index (χ2n) is 4.34.